The van der Waals surface area contributed by atoms with Crippen LogP contribution in [0.5, 0.6) is 5.75 Å². The van der Waals surface area contributed by atoms with Gasteiger partial charge in [0.1, 0.15) is 5.75 Å². The minimum absolute atomic E-state index is 0.153. The number of fused-ring (bicyclic) bond motifs is 1. The van der Waals surface area contributed by atoms with Crippen molar-refractivity contribution in [1.82, 2.24) is 5.43 Å². The third-order valence-electron chi connectivity index (χ3n) is 3.99. The molecule has 19 heavy (non-hydrogen) atoms. The molecule has 1 heterocycles. The summed E-state index contributed by atoms with van der Waals surface area (Å²) in [5.74, 6) is 7.20. The molecule has 0 saturated heterocycles. The maximum Gasteiger partial charge on any atom is 0.122 e. The molecule has 0 saturated carbocycles. The summed E-state index contributed by atoms with van der Waals surface area (Å²) in [5, 5.41) is 0. The van der Waals surface area contributed by atoms with Gasteiger partial charge in [-0.05, 0) is 36.8 Å². The number of benzene rings is 1. The van der Waals surface area contributed by atoms with E-state index in [1.165, 1.54) is 5.56 Å². The highest BCUT2D eigenvalue weighted by Gasteiger charge is 2.27. The summed E-state index contributed by atoms with van der Waals surface area (Å²) in [6, 6.07) is 8.45. The second-order valence-corrected chi connectivity index (χ2v) is 5.06. The standard InChI is InChI=1S/C15H24N2O2/c1-3-14(18-2)13(17-16)10-11-8-9-19-15-7-5-4-6-12(11)15/h4-7,11,13-14,17H,3,8-10,16H2,1-2H3. The van der Waals surface area contributed by atoms with Gasteiger partial charge in [-0.1, -0.05) is 25.1 Å². The smallest absolute Gasteiger partial charge is 0.122 e. The normalized spacial score (nSPS) is 21.3. The number of hydrogen-bond donors (Lipinski definition) is 2. The fourth-order valence-electron chi connectivity index (χ4n) is 2.91. The summed E-state index contributed by atoms with van der Waals surface area (Å²) in [5.41, 5.74) is 4.21. The van der Waals surface area contributed by atoms with Crippen molar-refractivity contribution in [1.29, 1.82) is 0 Å². The van der Waals surface area contributed by atoms with E-state index in [4.69, 9.17) is 15.3 Å². The van der Waals surface area contributed by atoms with E-state index in [-0.39, 0.29) is 12.1 Å². The van der Waals surface area contributed by atoms with E-state index in [2.05, 4.69) is 24.5 Å². The molecule has 4 heteroatoms. The van der Waals surface area contributed by atoms with Gasteiger partial charge in [0.15, 0.2) is 0 Å². The van der Waals surface area contributed by atoms with Gasteiger partial charge in [-0.25, -0.2) is 0 Å². The van der Waals surface area contributed by atoms with Crippen LogP contribution in [0.15, 0.2) is 24.3 Å². The molecule has 0 amide bonds. The number of nitrogens with two attached hydrogens (primary N) is 1. The van der Waals surface area contributed by atoms with Crippen LogP contribution in [-0.4, -0.2) is 25.9 Å². The van der Waals surface area contributed by atoms with Crippen molar-refractivity contribution in [2.75, 3.05) is 13.7 Å². The number of rotatable bonds is 6. The maximum atomic E-state index is 5.70. The van der Waals surface area contributed by atoms with Crippen LogP contribution in [-0.2, 0) is 4.74 Å². The van der Waals surface area contributed by atoms with Gasteiger partial charge in [0.05, 0.1) is 12.7 Å². The van der Waals surface area contributed by atoms with E-state index >= 15 is 0 Å². The van der Waals surface area contributed by atoms with Crippen LogP contribution in [0.25, 0.3) is 0 Å². The lowest BCUT2D eigenvalue weighted by atomic mass is 9.86. The highest BCUT2D eigenvalue weighted by Crippen LogP contribution is 2.36. The van der Waals surface area contributed by atoms with E-state index < -0.39 is 0 Å². The highest BCUT2D eigenvalue weighted by atomic mass is 16.5. The average molecular weight is 264 g/mol. The fourth-order valence-corrected chi connectivity index (χ4v) is 2.91. The molecule has 3 N–H and O–H groups in total. The predicted molar refractivity (Wildman–Crippen MR) is 76.1 cm³/mol. The van der Waals surface area contributed by atoms with Crippen LogP contribution in [0.3, 0.4) is 0 Å². The zero-order chi connectivity index (χ0) is 13.7. The monoisotopic (exact) mass is 264 g/mol. The molecule has 106 valence electrons. The number of hydrazine groups is 1. The Morgan fingerprint density at radius 3 is 2.95 bits per heavy atom. The van der Waals surface area contributed by atoms with Crippen LogP contribution in [0.2, 0.25) is 0 Å². The topological polar surface area (TPSA) is 56.5 Å². The van der Waals surface area contributed by atoms with Crippen molar-refractivity contribution >= 4 is 0 Å². The van der Waals surface area contributed by atoms with Gasteiger partial charge in [0.25, 0.3) is 0 Å². The number of nitrogens with one attached hydrogen (secondary N) is 1. The molecule has 4 nitrogen and oxygen atoms in total. The summed E-state index contributed by atoms with van der Waals surface area (Å²) in [4.78, 5) is 0. The molecule has 0 aliphatic carbocycles. The van der Waals surface area contributed by atoms with Crippen LogP contribution in [0.4, 0.5) is 0 Å². The zero-order valence-corrected chi connectivity index (χ0v) is 11.8. The molecule has 3 unspecified atom stereocenters. The fraction of sp³-hybridized carbons (Fsp3) is 0.600. The first-order valence-electron chi connectivity index (χ1n) is 7.00. The quantitative estimate of drug-likeness (QED) is 0.611. The van der Waals surface area contributed by atoms with Crippen molar-refractivity contribution in [3.63, 3.8) is 0 Å². The Hall–Kier alpha value is -1.10. The molecule has 0 bridgehead atoms. The molecule has 1 aliphatic rings. The first-order chi connectivity index (χ1) is 9.30. The molecule has 0 radical (unpaired) electrons. The number of ether oxygens (including phenoxy) is 2. The SMILES string of the molecule is CCC(OC)C(CC1CCOc2ccccc21)NN. The van der Waals surface area contributed by atoms with Gasteiger partial charge in [0, 0.05) is 13.2 Å². The largest absolute Gasteiger partial charge is 0.493 e. The summed E-state index contributed by atoms with van der Waals surface area (Å²) in [6.07, 6.45) is 3.12. The Balaban J connectivity index is 2.10. The molecule has 2 rings (SSSR count). The lowest BCUT2D eigenvalue weighted by Crippen LogP contribution is -2.45. The van der Waals surface area contributed by atoms with Gasteiger partial charge >= 0.3 is 0 Å². The summed E-state index contributed by atoms with van der Waals surface area (Å²) in [7, 11) is 1.75. The van der Waals surface area contributed by atoms with Gasteiger partial charge in [-0.15, -0.1) is 0 Å². The molecule has 0 spiro atoms. The summed E-state index contributed by atoms with van der Waals surface area (Å²) in [6.45, 7) is 2.90. The van der Waals surface area contributed by atoms with Crippen molar-refractivity contribution < 1.29 is 9.47 Å². The van der Waals surface area contributed by atoms with Gasteiger partial charge in [0.2, 0.25) is 0 Å². The second-order valence-electron chi connectivity index (χ2n) is 5.06. The van der Waals surface area contributed by atoms with E-state index in [1.807, 2.05) is 12.1 Å². The number of methoxy groups -OCH3 is 1. The predicted octanol–water partition coefficient (Wildman–Crippen LogP) is 2.20. The first-order valence-corrected chi connectivity index (χ1v) is 7.00. The lowest BCUT2D eigenvalue weighted by Gasteiger charge is -2.31. The van der Waals surface area contributed by atoms with Crippen LogP contribution in [0.1, 0.15) is 37.7 Å². The van der Waals surface area contributed by atoms with E-state index in [0.29, 0.717) is 5.92 Å². The second kappa shape index (κ2) is 6.89. The van der Waals surface area contributed by atoms with Crippen LogP contribution in [0, 0.1) is 0 Å². The molecule has 1 aromatic rings. The molecule has 0 fully saturated rings. The third kappa shape index (κ3) is 3.26. The van der Waals surface area contributed by atoms with Crippen molar-refractivity contribution in [3.05, 3.63) is 29.8 Å². The Labute approximate surface area is 115 Å². The van der Waals surface area contributed by atoms with E-state index in [9.17, 15) is 0 Å². The Kier molecular flexibility index (Phi) is 5.19. The van der Waals surface area contributed by atoms with E-state index in [1.54, 1.807) is 7.11 Å². The van der Waals surface area contributed by atoms with E-state index in [0.717, 1.165) is 31.6 Å². The minimum Gasteiger partial charge on any atom is -0.493 e. The summed E-state index contributed by atoms with van der Waals surface area (Å²) >= 11 is 0. The first kappa shape index (κ1) is 14.3. The molecular formula is C15H24N2O2. The van der Waals surface area contributed by atoms with Crippen LogP contribution >= 0.6 is 0 Å². The highest BCUT2D eigenvalue weighted by molar-refractivity contribution is 5.37. The number of para-hydroxylation sites is 1. The zero-order valence-electron chi connectivity index (χ0n) is 11.8. The van der Waals surface area contributed by atoms with Crippen LogP contribution < -0.4 is 16.0 Å². The van der Waals surface area contributed by atoms with Crippen molar-refractivity contribution in [2.45, 2.75) is 44.2 Å². The lowest BCUT2D eigenvalue weighted by molar-refractivity contribution is 0.0583. The Morgan fingerprint density at radius 1 is 1.47 bits per heavy atom. The molecular weight excluding hydrogens is 240 g/mol. The minimum atomic E-state index is 0.153. The average Bonchev–Trinajstić information content (AvgIpc) is 2.47. The molecule has 3 atom stereocenters. The molecule has 1 aliphatic heterocycles. The summed E-state index contributed by atoms with van der Waals surface area (Å²) < 4.78 is 11.2. The van der Waals surface area contributed by atoms with Gasteiger partial charge < -0.3 is 9.47 Å². The Bertz CT molecular complexity index is 393. The van der Waals surface area contributed by atoms with Crippen molar-refractivity contribution in [3.8, 4) is 5.75 Å². The molecule has 0 aromatic heterocycles. The third-order valence-corrected chi connectivity index (χ3v) is 3.99. The number of hydrogen-bond acceptors (Lipinski definition) is 4. The maximum absolute atomic E-state index is 5.70. The Morgan fingerprint density at radius 2 is 2.26 bits per heavy atom. The van der Waals surface area contributed by atoms with Gasteiger partial charge in [-0.3, -0.25) is 11.3 Å². The van der Waals surface area contributed by atoms with Crippen molar-refractivity contribution in [2.24, 2.45) is 5.84 Å². The van der Waals surface area contributed by atoms with Gasteiger partial charge in [-0.2, -0.15) is 0 Å². The molecule has 1 aromatic carbocycles.